The Morgan fingerprint density at radius 2 is 0.958 bits per heavy atom. The third-order valence-electron chi connectivity index (χ3n) is 3.22. The smallest absolute Gasteiger partial charge is 0.323 e. The summed E-state index contributed by atoms with van der Waals surface area (Å²) in [6.07, 6.45) is 1.40. The van der Waals surface area contributed by atoms with Gasteiger partial charge in [-0.15, -0.1) is 0 Å². The fourth-order valence-electron chi connectivity index (χ4n) is 2.32. The zero-order valence-electron chi connectivity index (χ0n) is 15.5. The van der Waals surface area contributed by atoms with E-state index in [1.165, 1.54) is 0 Å². The van der Waals surface area contributed by atoms with E-state index in [4.69, 9.17) is 0 Å². The molecule has 6 N–H and O–H groups in total. The maximum atomic E-state index is 11.6. The Bertz CT molecular complexity index is 431. The second kappa shape index (κ2) is 8.74. The number of hydrogen-bond donors (Lipinski definition) is 6. The molecule has 0 amide bonds. The molecular formula is C14H34N2O6P2. The van der Waals surface area contributed by atoms with E-state index in [9.17, 15) is 28.7 Å². The van der Waals surface area contributed by atoms with E-state index < -0.39 is 37.8 Å². The molecule has 0 aliphatic rings. The first-order valence-corrected chi connectivity index (χ1v) is 11.4. The number of unbranched alkanes of at least 4 members (excludes halogenated alkanes) is 1. The van der Waals surface area contributed by atoms with Gasteiger partial charge in [-0.3, -0.25) is 19.8 Å². The van der Waals surface area contributed by atoms with E-state index in [1.54, 1.807) is 0 Å². The summed E-state index contributed by atoms with van der Waals surface area (Å²) in [5.74, 6) is -1.91. The van der Waals surface area contributed by atoms with Crippen molar-refractivity contribution in [2.75, 3.05) is 0 Å². The lowest BCUT2D eigenvalue weighted by Gasteiger charge is -2.30. The highest BCUT2D eigenvalue weighted by Crippen LogP contribution is 2.45. The Hall–Kier alpha value is 0.220. The average molecular weight is 388 g/mol. The van der Waals surface area contributed by atoms with Crippen molar-refractivity contribution < 1.29 is 28.7 Å². The van der Waals surface area contributed by atoms with Crippen molar-refractivity contribution in [3.8, 4) is 0 Å². The van der Waals surface area contributed by atoms with Gasteiger partial charge in [0.1, 0.15) is 11.6 Å². The summed E-state index contributed by atoms with van der Waals surface area (Å²) in [5.41, 5.74) is -0.873. The van der Waals surface area contributed by atoms with E-state index in [2.05, 4.69) is 10.6 Å². The molecule has 8 nitrogen and oxygen atoms in total. The minimum Gasteiger partial charge on any atom is -0.323 e. The maximum Gasteiger partial charge on any atom is 0.342 e. The lowest BCUT2D eigenvalue weighted by molar-refractivity contribution is 0.298. The summed E-state index contributed by atoms with van der Waals surface area (Å²) < 4.78 is 23.2. The van der Waals surface area contributed by atoms with Crippen LogP contribution in [0.5, 0.6) is 0 Å². The van der Waals surface area contributed by atoms with Gasteiger partial charge in [-0.25, -0.2) is 0 Å². The molecule has 0 bridgehead atoms. The van der Waals surface area contributed by atoms with Gasteiger partial charge in [-0.1, -0.05) is 12.8 Å². The van der Waals surface area contributed by atoms with Crippen molar-refractivity contribution in [3.05, 3.63) is 0 Å². The van der Waals surface area contributed by atoms with Crippen LogP contribution in [-0.4, -0.2) is 42.2 Å². The van der Waals surface area contributed by atoms with Crippen LogP contribution in [0.15, 0.2) is 0 Å². The summed E-state index contributed by atoms with van der Waals surface area (Å²) in [7, 11) is -8.57. The first kappa shape index (κ1) is 24.2. The third kappa shape index (κ3) is 11.7. The molecule has 0 spiro atoms. The Morgan fingerprint density at radius 1 is 0.708 bits per heavy atom. The van der Waals surface area contributed by atoms with Crippen molar-refractivity contribution >= 4 is 15.2 Å². The van der Waals surface area contributed by atoms with Crippen LogP contribution in [-0.2, 0) is 9.13 Å². The van der Waals surface area contributed by atoms with Gasteiger partial charge >= 0.3 is 15.2 Å². The van der Waals surface area contributed by atoms with E-state index >= 15 is 0 Å². The SMILES string of the molecule is CC(C)(C)NC(CCCCC(NC(C)(C)C)P(=O)(O)O)P(=O)(O)O. The quantitative estimate of drug-likeness (QED) is 0.261. The predicted molar refractivity (Wildman–Crippen MR) is 95.9 cm³/mol. The van der Waals surface area contributed by atoms with E-state index in [1.807, 2.05) is 41.5 Å². The molecule has 2 unspecified atom stereocenters. The Labute approximate surface area is 145 Å². The van der Waals surface area contributed by atoms with Crippen molar-refractivity contribution in [3.63, 3.8) is 0 Å². The highest BCUT2D eigenvalue weighted by molar-refractivity contribution is 7.52. The second-order valence-electron chi connectivity index (χ2n) is 8.28. The molecule has 0 aromatic carbocycles. The normalized spacial score (nSPS) is 16.9. The fourth-order valence-corrected chi connectivity index (χ4v) is 4.47. The van der Waals surface area contributed by atoms with Gasteiger partial charge in [-0.05, 0) is 54.4 Å². The molecule has 146 valence electrons. The van der Waals surface area contributed by atoms with Crippen LogP contribution in [0.4, 0.5) is 0 Å². The summed E-state index contributed by atoms with van der Waals surface area (Å²) >= 11 is 0. The molecule has 0 aromatic rings. The molecular weight excluding hydrogens is 354 g/mol. The third-order valence-corrected chi connectivity index (χ3v) is 5.62. The van der Waals surface area contributed by atoms with Crippen LogP contribution in [0.2, 0.25) is 0 Å². The topological polar surface area (TPSA) is 139 Å². The minimum atomic E-state index is -4.28. The Kier molecular flexibility index (Phi) is 8.82. The number of hydrogen-bond acceptors (Lipinski definition) is 4. The van der Waals surface area contributed by atoms with Gasteiger partial charge in [0.05, 0.1) is 0 Å². The molecule has 10 heteroatoms. The summed E-state index contributed by atoms with van der Waals surface area (Å²) in [5, 5.41) is 5.84. The van der Waals surface area contributed by atoms with Crippen molar-refractivity contribution in [2.24, 2.45) is 0 Å². The molecule has 0 heterocycles. The summed E-state index contributed by atoms with van der Waals surface area (Å²) in [6.45, 7) is 11.0. The van der Waals surface area contributed by atoms with Crippen LogP contribution in [0.1, 0.15) is 67.2 Å². The highest BCUT2D eigenvalue weighted by atomic mass is 31.2. The monoisotopic (exact) mass is 388 g/mol. The zero-order chi connectivity index (χ0) is 19.4. The molecule has 0 aliphatic heterocycles. The van der Waals surface area contributed by atoms with Crippen LogP contribution in [0, 0.1) is 0 Å². The number of nitrogens with one attached hydrogen (secondary N) is 2. The Morgan fingerprint density at radius 3 is 1.12 bits per heavy atom. The molecule has 0 aromatic heterocycles. The first-order valence-electron chi connectivity index (χ1n) is 8.08. The Balaban J connectivity index is 4.64. The molecule has 0 fully saturated rings. The molecule has 0 saturated heterocycles. The van der Waals surface area contributed by atoms with Crippen LogP contribution in [0.3, 0.4) is 0 Å². The highest BCUT2D eigenvalue weighted by Gasteiger charge is 2.33. The van der Waals surface area contributed by atoms with E-state index in [0.29, 0.717) is 12.8 Å². The van der Waals surface area contributed by atoms with Crippen LogP contribution in [0.25, 0.3) is 0 Å². The number of rotatable bonds is 9. The molecule has 0 rings (SSSR count). The van der Waals surface area contributed by atoms with Gasteiger partial charge in [0.25, 0.3) is 0 Å². The largest absolute Gasteiger partial charge is 0.342 e. The lowest BCUT2D eigenvalue weighted by atomic mass is 10.1. The van der Waals surface area contributed by atoms with Gasteiger partial charge in [0.15, 0.2) is 0 Å². The van der Waals surface area contributed by atoms with Gasteiger partial charge in [-0.2, -0.15) is 0 Å². The van der Waals surface area contributed by atoms with Crippen molar-refractivity contribution in [2.45, 2.75) is 89.9 Å². The van der Waals surface area contributed by atoms with Gasteiger partial charge < -0.3 is 19.6 Å². The molecule has 24 heavy (non-hydrogen) atoms. The van der Waals surface area contributed by atoms with Crippen molar-refractivity contribution in [1.82, 2.24) is 10.6 Å². The average Bonchev–Trinajstić information content (AvgIpc) is 2.25. The summed E-state index contributed by atoms with van der Waals surface area (Å²) in [6, 6.07) is 0. The zero-order valence-corrected chi connectivity index (χ0v) is 17.3. The van der Waals surface area contributed by atoms with Crippen LogP contribution >= 0.6 is 15.2 Å². The van der Waals surface area contributed by atoms with Crippen molar-refractivity contribution in [1.29, 1.82) is 0 Å². The van der Waals surface area contributed by atoms with Gasteiger partial charge in [0, 0.05) is 11.1 Å². The molecule has 2 atom stereocenters. The minimum absolute atomic E-state index is 0.241. The first-order chi connectivity index (χ1) is 10.4. The maximum absolute atomic E-state index is 11.6. The van der Waals surface area contributed by atoms with Gasteiger partial charge in [0.2, 0.25) is 0 Å². The van der Waals surface area contributed by atoms with Crippen LogP contribution < -0.4 is 10.6 Å². The van der Waals surface area contributed by atoms with E-state index in [-0.39, 0.29) is 12.8 Å². The second-order valence-corrected chi connectivity index (χ2v) is 11.9. The predicted octanol–water partition coefficient (Wildman–Crippen LogP) is 2.33. The lowest BCUT2D eigenvalue weighted by Crippen LogP contribution is -2.44. The molecule has 0 radical (unpaired) electrons. The van der Waals surface area contributed by atoms with E-state index in [0.717, 1.165) is 0 Å². The fraction of sp³-hybridized carbons (Fsp3) is 1.00. The molecule has 0 saturated carbocycles. The summed E-state index contributed by atoms with van der Waals surface area (Å²) in [4.78, 5) is 37.8. The standard InChI is InChI=1S/C14H34N2O6P2/c1-13(2,3)15-11(23(17,18)19)9-7-8-10-12(24(20,21)22)16-14(4,5)6/h11-12,15-16H,7-10H2,1-6H3,(H2,17,18,19)(H2,20,21,22). The molecule has 0 aliphatic carbocycles.